The van der Waals surface area contributed by atoms with Gasteiger partial charge in [-0.1, -0.05) is 18.2 Å². The van der Waals surface area contributed by atoms with Crippen molar-refractivity contribution in [2.24, 2.45) is 5.10 Å². The minimum atomic E-state index is -0.647. The monoisotopic (exact) mass is 347 g/mol. The molecule has 6 nitrogen and oxygen atoms in total. The Balaban J connectivity index is 2.17. The summed E-state index contributed by atoms with van der Waals surface area (Å²) in [5.41, 5.74) is 6.85. The number of para-hydroxylation sites is 1. The molecule has 1 aliphatic heterocycles. The standard InChI is InChI=1S/C20H17N3O3/c1-11-17-16(26-20(25)22-21-11)10-9-15-19(17)18(13(3)24)12(2)23(15)14-7-5-4-6-8-14/h4-10H,1-3H3,(H,22,25). The van der Waals surface area contributed by atoms with E-state index in [4.69, 9.17) is 4.74 Å². The minimum absolute atomic E-state index is 0.0492. The predicted molar refractivity (Wildman–Crippen MR) is 99.4 cm³/mol. The molecule has 1 N–H and O–H groups in total. The number of hydrogen-bond donors (Lipinski definition) is 1. The Morgan fingerprint density at radius 1 is 1.12 bits per heavy atom. The molecule has 26 heavy (non-hydrogen) atoms. The maximum Gasteiger partial charge on any atom is 0.433 e. The van der Waals surface area contributed by atoms with E-state index >= 15 is 0 Å². The molecule has 1 aliphatic rings. The number of ketones is 1. The number of hydrogen-bond acceptors (Lipinski definition) is 4. The van der Waals surface area contributed by atoms with E-state index in [9.17, 15) is 9.59 Å². The normalized spacial score (nSPS) is 13.5. The molecule has 0 saturated carbocycles. The van der Waals surface area contributed by atoms with Crippen LogP contribution in [0, 0.1) is 6.92 Å². The number of fused-ring (bicyclic) bond motifs is 3. The molecular formula is C20H17N3O3. The Hall–Kier alpha value is -3.41. The number of ether oxygens (including phenoxy) is 1. The summed E-state index contributed by atoms with van der Waals surface area (Å²) >= 11 is 0. The van der Waals surface area contributed by atoms with Gasteiger partial charge >= 0.3 is 6.09 Å². The summed E-state index contributed by atoms with van der Waals surface area (Å²) in [4.78, 5) is 24.2. The van der Waals surface area contributed by atoms with Gasteiger partial charge in [0.2, 0.25) is 0 Å². The average Bonchev–Trinajstić information content (AvgIpc) is 2.83. The molecule has 0 spiro atoms. The second-order valence-electron chi connectivity index (χ2n) is 6.22. The second-order valence-corrected chi connectivity index (χ2v) is 6.22. The number of nitrogens with zero attached hydrogens (tertiary/aromatic N) is 2. The van der Waals surface area contributed by atoms with Crippen LogP contribution >= 0.6 is 0 Å². The molecule has 0 bridgehead atoms. The van der Waals surface area contributed by atoms with Crippen LogP contribution < -0.4 is 10.2 Å². The SMILES string of the molecule is CC(=O)c1c(C)n(-c2ccccc2)c2ccc3c(c12)C(C)=NNC(=O)O3. The third kappa shape index (κ3) is 2.30. The van der Waals surface area contributed by atoms with Gasteiger partial charge in [-0.25, -0.2) is 10.2 Å². The van der Waals surface area contributed by atoms with E-state index in [0.29, 0.717) is 22.6 Å². The smallest absolute Gasteiger partial charge is 0.408 e. The lowest BCUT2D eigenvalue weighted by Crippen LogP contribution is -2.20. The first-order valence-corrected chi connectivity index (χ1v) is 8.26. The molecule has 6 heteroatoms. The van der Waals surface area contributed by atoms with Crippen molar-refractivity contribution >= 4 is 28.5 Å². The average molecular weight is 347 g/mol. The highest BCUT2D eigenvalue weighted by atomic mass is 16.6. The van der Waals surface area contributed by atoms with Gasteiger partial charge in [-0.3, -0.25) is 4.79 Å². The molecular weight excluding hydrogens is 330 g/mol. The summed E-state index contributed by atoms with van der Waals surface area (Å²) in [5, 5.41) is 4.82. The molecule has 0 fully saturated rings. The molecule has 0 unspecified atom stereocenters. The van der Waals surface area contributed by atoms with Gasteiger partial charge in [0.25, 0.3) is 0 Å². The van der Waals surface area contributed by atoms with Crippen LogP contribution in [0.5, 0.6) is 5.75 Å². The van der Waals surface area contributed by atoms with Crippen LogP contribution in [0.25, 0.3) is 16.6 Å². The van der Waals surface area contributed by atoms with Crippen LogP contribution in [0.2, 0.25) is 0 Å². The van der Waals surface area contributed by atoms with Gasteiger partial charge in [0, 0.05) is 22.3 Å². The van der Waals surface area contributed by atoms with Crippen molar-refractivity contribution in [2.45, 2.75) is 20.8 Å². The Kier molecular flexibility index (Phi) is 3.61. The number of carbonyl (C=O) groups excluding carboxylic acids is 2. The highest BCUT2D eigenvalue weighted by Gasteiger charge is 2.26. The Morgan fingerprint density at radius 2 is 1.85 bits per heavy atom. The van der Waals surface area contributed by atoms with Gasteiger partial charge < -0.3 is 9.30 Å². The number of hydrazone groups is 1. The second kappa shape index (κ2) is 5.84. The van der Waals surface area contributed by atoms with Crippen LogP contribution in [0.1, 0.15) is 35.5 Å². The highest BCUT2D eigenvalue weighted by molar-refractivity contribution is 6.20. The predicted octanol–water partition coefficient (Wildman–Crippen LogP) is 3.97. The fraction of sp³-hybridized carbons (Fsp3) is 0.150. The van der Waals surface area contributed by atoms with Gasteiger partial charge in [0.15, 0.2) is 5.78 Å². The van der Waals surface area contributed by atoms with Crippen molar-refractivity contribution in [3.63, 3.8) is 0 Å². The zero-order valence-corrected chi connectivity index (χ0v) is 14.7. The minimum Gasteiger partial charge on any atom is -0.408 e. The molecule has 2 aromatic carbocycles. The number of nitrogens with one attached hydrogen (secondary N) is 1. The number of benzene rings is 2. The molecule has 3 aromatic rings. The molecule has 4 rings (SSSR count). The van der Waals surface area contributed by atoms with Crippen LogP contribution in [0.4, 0.5) is 4.79 Å². The van der Waals surface area contributed by atoms with Crippen LogP contribution in [0.3, 0.4) is 0 Å². The van der Waals surface area contributed by atoms with E-state index in [1.807, 2.05) is 47.9 Å². The van der Waals surface area contributed by atoms with Crippen molar-refractivity contribution in [1.82, 2.24) is 9.99 Å². The quantitative estimate of drug-likeness (QED) is 0.713. The Bertz CT molecular complexity index is 1090. The summed E-state index contributed by atoms with van der Waals surface area (Å²) in [7, 11) is 0. The van der Waals surface area contributed by atoms with Crippen molar-refractivity contribution in [3.8, 4) is 11.4 Å². The molecule has 0 radical (unpaired) electrons. The van der Waals surface area contributed by atoms with Gasteiger partial charge in [-0.15, -0.1) is 0 Å². The summed E-state index contributed by atoms with van der Waals surface area (Å²) in [6, 6.07) is 13.4. The van der Waals surface area contributed by atoms with E-state index in [0.717, 1.165) is 22.3 Å². The van der Waals surface area contributed by atoms with Crippen molar-refractivity contribution < 1.29 is 14.3 Å². The van der Waals surface area contributed by atoms with Crippen LogP contribution in [0.15, 0.2) is 47.6 Å². The molecule has 0 saturated heterocycles. The maximum atomic E-state index is 12.5. The lowest BCUT2D eigenvalue weighted by atomic mass is 9.99. The lowest BCUT2D eigenvalue weighted by Gasteiger charge is -2.10. The lowest BCUT2D eigenvalue weighted by molar-refractivity contribution is 0.101. The largest absolute Gasteiger partial charge is 0.433 e. The van der Waals surface area contributed by atoms with E-state index in [-0.39, 0.29) is 5.78 Å². The molecule has 2 heterocycles. The summed E-state index contributed by atoms with van der Waals surface area (Å²) in [6.07, 6.45) is -0.647. The molecule has 0 atom stereocenters. The fourth-order valence-electron chi connectivity index (χ4n) is 3.58. The van der Waals surface area contributed by atoms with Crippen molar-refractivity contribution in [1.29, 1.82) is 0 Å². The van der Waals surface area contributed by atoms with Crippen molar-refractivity contribution in [3.05, 3.63) is 59.3 Å². The third-order valence-electron chi connectivity index (χ3n) is 4.58. The van der Waals surface area contributed by atoms with E-state index < -0.39 is 6.09 Å². The van der Waals surface area contributed by atoms with Gasteiger partial charge in [0.1, 0.15) is 5.75 Å². The summed E-state index contributed by atoms with van der Waals surface area (Å²) in [6.45, 7) is 5.25. The highest BCUT2D eigenvalue weighted by Crippen LogP contribution is 2.37. The van der Waals surface area contributed by atoms with Crippen LogP contribution in [-0.4, -0.2) is 22.2 Å². The first-order chi connectivity index (χ1) is 12.5. The van der Waals surface area contributed by atoms with E-state index in [1.165, 1.54) is 0 Å². The number of rotatable bonds is 2. The van der Waals surface area contributed by atoms with E-state index in [2.05, 4.69) is 10.5 Å². The molecule has 0 aliphatic carbocycles. The number of aromatic nitrogens is 1. The van der Waals surface area contributed by atoms with Gasteiger partial charge in [0.05, 0.1) is 16.8 Å². The maximum absolute atomic E-state index is 12.5. The number of Topliss-reactive ketones (excluding diaryl/α,β-unsaturated/α-hetero) is 1. The number of amides is 1. The van der Waals surface area contributed by atoms with Crippen molar-refractivity contribution in [2.75, 3.05) is 0 Å². The summed E-state index contributed by atoms with van der Waals surface area (Å²) in [5.74, 6) is 0.341. The third-order valence-corrected chi connectivity index (χ3v) is 4.58. The van der Waals surface area contributed by atoms with Gasteiger partial charge in [-0.05, 0) is 45.0 Å². The zero-order chi connectivity index (χ0) is 18.4. The van der Waals surface area contributed by atoms with Gasteiger partial charge in [-0.2, -0.15) is 5.10 Å². The first kappa shape index (κ1) is 16.1. The first-order valence-electron chi connectivity index (χ1n) is 8.26. The van der Waals surface area contributed by atoms with E-state index in [1.54, 1.807) is 19.9 Å². The molecule has 130 valence electrons. The van der Waals surface area contributed by atoms with Crippen LogP contribution in [-0.2, 0) is 0 Å². The summed E-state index contributed by atoms with van der Waals surface area (Å²) < 4.78 is 7.38. The Morgan fingerprint density at radius 3 is 2.54 bits per heavy atom. The Labute approximate surface area is 150 Å². The molecule has 1 amide bonds. The number of carbonyl (C=O) groups is 2. The zero-order valence-electron chi connectivity index (χ0n) is 14.7. The fourth-order valence-corrected chi connectivity index (χ4v) is 3.58. The topological polar surface area (TPSA) is 72.7 Å². The molecule has 1 aromatic heterocycles.